The molecular formula is C29H27ClN2O5. The van der Waals surface area contributed by atoms with E-state index in [1.54, 1.807) is 0 Å². The Morgan fingerprint density at radius 3 is 2.14 bits per heavy atom. The molecule has 1 spiro atoms. The van der Waals surface area contributed by atoms with Crippen molar-refractivity contribution in [3.05, 3.63) is 89.0 Å². The summed E-state index contributed by atoms with van der Waals surface area (Å²) in [6.45, 7) is 2.07. The molecular weight excluding hydrogens is 492 g/mol. The van der Waals surface area contributed by atoms with Crippen LogP contribution < -0.4 is 4.90 Å². The highest BCUT2D eigenvalue weighted by atomic mass is 35.5. The zero-order valence-corrected chi connectivity index (χ0v) is 20.9. The van der Waals surface area contributed by atoms with Crippen LogP contribution in [0.3, 0.4) is 0 Å². The van der Waals surface area contributed by atoms with Crippen molar-refractivity contribution in [1.82, 2.24) is 4.90 Å². The van der Waals surface area contributed by atoms with E-state index in [1.165, 1.54) is 21.9 Å². The molecule has 0 aromatic heterocycles. The van der Waals surface area contributed by atoms with E-state index in [0.717, 1.165) is 38.0 Å². The smallest absolute Gasteiger partial charge is 0.328 e. The molecule has 3 aromatic carbocycles. The van der Waals surface area contributed by atoms with Crippen LogP contribution in [0.1, 0.15) is 36.4 Å². The lowest BCUT2D eigenvalue weighted by Crippen LogP contribution is -2.67. The number of carbonyl (C=O) groups excluding carboxylic acids is 1. The van der Waals surface area contributed by atoms with Gasteiger partial charge in [-0.15, -0.1) is 0 Å². The summed E-state index contributed by atoms with van der Waals surface area (Å²) in [5, 5.41) is 19.1. The van der Waals surface area contributed by atoms with E-state index in [4.69, 9.17) is 21.8 Å². The number of aliphatic carboxylic acids is 2. The Balaban J connectivity index is 0.000000307. The van der Waals surface area contributed by atoms with Crippen molar-refractivity contribution in [3.63, 3.8) is 0 Å². The maximum atomic E-state index is 12.5. The van der Waals surface area contributed by atoms with Gasteiger partial charge in [-0.25, -0.2) is 9.59 Å². The standard InChI is InChI=1S/C25H23ClN2O.C4H4O4/c26-19-7-9-20(10-8-19)28-23(29)16-25(28)11-13-27(14-12-25)22-15-18-5-1-3-17-4-2-6-21(22)24(17)18;5-3(6)1-2-4(7)8/h1-10,22H,11-16H2;1-2H,(H,5,6)(H,7,8). The van der Waals surface area contributed by atoms with Gasteiger partial charge in [0, 0.05) is 42.0 Å². The quantitative estimate of drug-likeness (QED) is 0.369. The number of carbonyl (C=O) groups is 3. The number of piperidine rings is 1. The van der Waals surface area contributed by atoms with Crippen molar-refractivity contribution >= 4 is 45.9 Å². The van der Waals surface area contributed by atoms with Gasteiger partial charge in [0.05, 0.1) is 12.0 Å². The van der Waals surface area contributed by atoms with Crippen molar-refractivity contribution < 1.29 is 24.6 Å². The predicted octanol–water partition coefficient (Wildman–Crippen LogP) is 5.07. The van der Waals surface area contributed by atoms with Crippen molar-refractivity contribution in [1.29, 1.82) is 0 Å². The number of carboxylic acids is 2. The summed E-state index contributed by atoms with van der Waals surface area (Å²) in [6, 6.07) is 21.6. The molecule has 1 aliphatic carbocycles. The summed E-state index contributed by atoms with van der Waals surface area (Å²) in [7, 11) is 0. The summed E-state index contributed by atoms with van der Waals surface area (Å²) in [5.41, 5.74) is 3.93. The molecule has 8 heteroatoms. The van der Waals surface area contributed by atoms with Gasteiger partial charge in [-0.05, 0) is 65.4 Å². The molecule has 2 fully saturated rings. The Bertz CT molecular complexity index is 1370. The molecule has 1 unspecified atom stereocenters. The Hall–Kier alpha value is -3.68. The Labute approximate surface area is 219 Å². The van der Waals surface area contributed by atoms with Crippen LogP contribution in [0.2, 0.25) is 5.02 Å². The van der Waals surface area contributed by atoms with Crippen LogP contribution in [0.5, 0.6) is 0 Å². The van der Waals surface area contributed by atoms with E-state index in [9.17, 15) is 14.4 Å². The number of anilines is 1. The normalized spacial score (nSPS) is 20.1. The average molecular weight is 519 g/mol. The van der Waals surface area contributed by atoms with Crippen LogP contribution in [-0.4, -0.2) is 51.6 Å². The molecule has 2 aliphatic heterocycles. The molecule has 2 N–H and O–H groups in total. The molecule has 3 aromatic rings. The number of β-lactam (4-membered cyclic amide) rings is 1. The van der Waals surface area contributed by atoms with Crippen molar-refractivity contribution in [2.45, 2.75) is 37.3 Å². The van der Waals surface area contributed by atoms with Gasteiger partial charge >= 0.3 is 11.9 Å². The van der Waals surface area contributed by atoms with Crippen molar-refractivity contribution in [2.75, 3.05) is 18.0 Å². The number of rotatable bonds is 4. The number of benzene rings is 3. The van der Waals surface area contributed by atoms with Crippen LogP contribution >= 0.6 is 11.6 Å². The third-order valence-electron chi connectivity index (χ3n) is 7.62. The average Bonchev–Trinajstić information content (AvgIpc) is 3.25. The molecule has 0 bridgehead atoms. The number of halogens is 1. The zero-order valence-electron chi connectivity index (χ0n) is 20.1. The minimum atomic E-state index is -1.26. The van der Waals surface area contributed by atoms with E-state index < -0.39 is 11.9 Å². The summed E-state index contributed by atoms with van der Waals surface area (Å²) < 4.78 is 0. The van der Waals surface area contributed by atoms with Crippen molar-refractivity contribution in [3.8, 4) is 0 Å². The molecule has 37 heavy (non-hydrogen) atoms. The summed E-state index contributed by atoms with van der Waals surface area (Å²) in [4.78, 5) is 36.3. The second-order valence-corrected chi connectivity index (χ2v) is 10.2. The number of likely N-dealkylation sites (tertiary alicyclic amines) is 1. The number of nitrogens with zero attached hydrogens (tertiary/aromatic N) is 2. The lowest BCUT2D eigenvalue weighted by molar-refractivity contribution is -0.134. The van der Waals surface area contributed by atoms with Gasteiger partial charge in [0.2, 0.25) is 5.91 Å². The highest BCUT2D eigenvalue weighted by Crippen LogP contribution is 2.47. The molecule has 2 saturated heterocycles. The van der Waals surface area contributed by atoms with E-state index in [1.807, 2.05) is 29.2 Å². The number of hydrogen-bond donors (Lipinski definition) is 2. The minimum absolute atomic E-state index is 0.0150. The molecule has 1 amide bonds. The first-order valence-corrected chi connectivity index (χ1v) is 12.6. The maximum Gasteiger partial charge on any atom is 0.328 e. The van der Waals surface area contributed by atoms with Gasteiger partial charge in [0.1, 0.15) is 0 Å². The number of hydrogen-bond acceptors (Lipinski definition) is 4. The first kappa shape index (κ1) is 25.0. The Morgan fingerprint density at radius 2 is 1.54 bits per heavy atom. The van der Waals surface area contributed by atoms with Crippen LogP contribution in [-0.2, 0) is 20.8 Å². The number of amides is 1. The number of carboxylic acid groups (broad SMARTS) is 2. The SMILES string of the molecule is O=C(O)C=CC(=O)O.O=C1CC2(CCN(C3Cc4cccc5cccc3c45)CC2)N1c1ccc(Cl)cc1. The topological polar surface area (TPSA) is 98.1 Å². The Morgan fingerprint density at radius 1 is 0.919 bits per heavy atom. The van der Waals surface area contributed by atoms with E-state index in [0.29, 0.717) is 29.6 Å². The van der Waals surface area contributed by atoms with Gasteiger partial charge in [-0.1, -0.05) is 48.0 Å². The van der Waals surface area contributed by atoms with Gasteiger partial charge in [0.25, 0.3) is 0 Å². The van der Waals surface area contributed by atoms with Crippen molar-refractivity contribution in [2.24, 2.45) is 0 Å². The molecule has 1 atom stereocenters. The lowest BCUT2D eigenvalue weighted by atomic mass is 9.75. The van der Waals surface area contributed by atoms with Gasteiger partial charge < -0.3 is 15.1 Å². The monoisotopic (exact) mass is 518 g/mol. The van der Waals surface area contributed by atoms with Gasteiger partial charge in [-0.2, -0.15) is 0 Å². The third-order valence-corrected chi connectivity index (χ3v) is 7.87. The van der Waals surface area contributed by atoms with Gasteiger partial charge in [-0.3, -0.25) is 9.69 Å². The van der Waals surface area contributed by atoms with E-state index in [-0.39, 0.29) is 11.4 Å². The second-order valence-electron chi connectivity index (χ2n) is 9.73. The lowest BCUT2D eigenvalue weighted by Gasteiger charge is -2.56. The third kappa shape index (κ3) is 4.84. The predicted molar refractivity (Wildman–Crippen MR) is 142 cm³/mol. The fraction of sp³-hybridized carbons (Fsp3) is 0.276. The van der Waals surface area contributed by atoms with E-state index >= 15 is 0 Å². The summed E-state index contributed by atoms with van der Waals surface area (Å²) in [5.74, 6) is -2.28. The fourth-order valence-electron chi connectivity index (χ4n) is 5.96. The second kappa shape index (κ2) is 10.00. The highest BCUT2D eigenvalue weighted by Gasteiger charge is 2.53. The van der Waals surface area contributed by atoms with Crippen LogP contribution in [0, 0.1) is 0 Å². The molecule has 0 saturated carbocycles. The summed E-state index contributed by atoms with van der Waals surface area (Å²) in [6.07, 6.45) is 4.95. The molecule has 7 nitrogen and oxygen atoms in total. The summed E-state index contributed by atoms with van der Waals surface area (Å²) >= 11 is 6.04. The zero-order chi connectivity index (χ0) is 26.2. The van der Waals surface area contributed by atoms with Crippen LogP contribution in [0.4, 0.5) is 5.69 Å². The molecule has 2 heterocycles. The minimum Gasteiger partial charge on any atom is -0.478 e. The molecule has 3 aliphatic rings. The van der Waals surface area contributed by atoms with E-state index in [2.05, 4.69) is 41.3 Å². The Kier molecular flexibility index (Phi) is 6.75. The largest absolute Gasteiger partial charge is 0.478 e. The molecule has 190 valence electrons. The molecule has 6 rings (SSSR count). The van der Waals surface area contributed by atoms with Crippen LogP contribution in [0.25, 0.3) is 10.8 Å². The first-order chi connectivity index (χ1) is 17.8. The first-order valence-electron chi connectivity index (χ1n) is 12.2. The fourth-order valence-corrected chi connectivity index (χ4v) is 6.08. The van der Waals surface area contributed by atoms with Crippen LogP contribution in [0.15, 0.2) is 72.8 Å². The maximum absolute atomic E-state index is 12.5. The molecule has 0 radical (unpaired) electrons. The highest BCUT2D eigenvalue weighted by molar-refractivity contribution is 6.30. The van der Waals surface area contributed by atoms with Gasteiger partial charge in [0.15, 0.2) is 0 Å².